The molecule has 2 aliphatic rings. The number of phenolic OH excluding ortho intramolecular Hbond substituents is 1. The second-order valence-corrected chi connectivity index (χ2v) is 8.91. The van der Waals surface area contributed by atoms with Crippen LogP contribution < -0.4 is 4.74 Å². The Kier molecular flexibility index (Phi) is 4.87. The van der Waals surface area contributed by atoms with E-state index in [1.165, 1.54) is 4.90 Å². The maximum atomic E-state index is 9.40. The lowest BCUT2D eigenvalue weighted by Crippen LogP contribution is -2.24. The van der Waals surface area contributed by atoms with E-state index in [2.05, 4.69) is 28.1 Å². The van der Waals surface area contributed by atoms with Crippen molar-refractivity contribution in [1.82, 2.24) is 9.88 Å². The molecule has 28 heavy (non-hydrogen) atoms. The zero-order chi connectivity index (χ0) is 18.9. The molecule has 0 bridgehead atoms. The molecule has 2 heterocycles. The molecule has 1 aliphatic heterocycles. The van der Waals surface area contributed by atoms with E-state index >= 15 is 0 Å². The SMILES string of the molecule is Oc1ccc(SCN2C[C@H]3C[C@H](Oc4cccc5cnccc45)C[C@H]3C2)cc1. The first-order valence-electron chi connectivity index (χ1n) is 9.88. The van der Waals surface area contributed by atoms with Gasteiger partial charge in [-0.05, 0) is 61.1 Å². The van der Waals surface area contributed by atoms with Crippen molar-refractivity contribution in [1.29, 1.82) is 0 Å². The molecule has 1 saturated carbocycles. The average Bonchev–Trinajstić information content (AvgIpc) is 3.26. The number of likely N-dealkylation sites (tertiary alicyclic amines) is 1. The van der Waals surface area contributed by atoms with Crippen LogP contribution in [0, 0.1) is 11.8 Å². The number of hydrogen-bond acceptors (Lipinski definition) is 5. The summed E-state index contributed by atoms with van der Waals surface area (Å²) < 4.78 is 6.43. The van der Waals surface area contributed by atoms with Gasteiger partial charge in [0.2, 0.25) is 0 Å². The number of benzene rings is 2. The molecular weight excluding hydrogens is 368 g/mol. The Morgan fingerprint density at radius 3 is 2.61 bits per heavy atom. The molecule has 4 nitrogen and oxygen atoms in total. The third-order valence-corrected chi connectivity index (χ3v) is 7.07. The summed E-state index contributed by atoms with van der Waals surface area (Å²) in [5.41, 5.74) is 0. The Bertz CT molecular complexity index is 943. The highest BCUT2D eigenvalue weighted by Gasteiger charge is 2.41. The average molecular weight is 393 g/mol. The fourth-order valence-electron chi connectivity index (χ4n) is 4.63. The van der Waals surface area contributed by atoms with Gasteiger partial charge < -0.3 is 9.84 Å². The molecular formula is C23H24N2O2S. The zero-order valence-corrected chi connectivity index (χ0v) is 16.5. The lowest BCUT2D eigenvalue weighted by Gasteiger charge is -2.20. The van der Waals surface area contributed by atoms with E-state index in [1.807, 2.05) is 42.4 Å². The van der Waals surface area contributed by atoms with E-state index < -0.39 is 0 Å². The van der Waals surface area contributed by atoms with Crippen molar-refractivity contribution in [2.75, 3.05) is 19.0 Å². The van der Waals surface area contributed by atoms with Gasteiger partial charge in [0.1, 0.15) is 11.5 Å². The molecule has 3 atom stereocenters. The van der Waals surface area contributed by atoms with E-state index in [0.29, 0.717) is 11.9 Å². The van der Waals surface area contributed by atoms with Crippen molar-refractivity contribution >= 4 is 22.5 Å². The van der Waals surface area contributed by atoms with Crippen LogP contribution in [0.1, 0.15) is 12.8 Å². The standard InChI is InChI=1S/C23H24N2O2S/c26-19-4-6-21(7-5-19)28-15-25-13-17-10-20(11-18(17)14-25)27-23-3-1-2-16-12-24-9-8-22(16)23/h1-9,12,17-18,20,26H,10-11,13-15H2/t17-,18+,20+. The Balaban J connectivity index is 1.16. The molecule has 2 fully saturated rings. The van der Waals surface area contributed by atoms with Crippen LogP contribution in [0.2, 0.25) is 0 Å². The van der Waals surface area contributed by atoms with Gasteiger partial charge in [0.15, 0.2) is 0 Å². The molecule has 2 aromatic carbocycles. The molecule has 1 N–H and O–H groups in total. The van der Waals surface area contributed by atoms with Crippen LogP contribution >= 0.6 is 11.8 Å². The Hall–Kier alpha value is -2.24. The van der Waals surface area contributed by atoms with Crippen molar-refractivity contribution in [3.05, 3.63) is 60.9 Å². The van der Waals surface area contributed by atoms with Gasteiger partial charge in [0, 0.05) is 47.0 Å². The highest BCUT2D eigenvalue weighted by atomic mass is 32.2. The minimum atomic E-state index is 0.320. The van der Waals surface area contributed by atoms with Crippen LogP contribution in [0.5, 0.6) is 11.5 Å². The van der Waals surface area contributed by atoms with Crippen LogP contribution in [-0.4, -0.2) is 40.1 Å². The molecule has 3 aromatic rings. The molecule has 0 radical (unpaired) electrons. The summed E-state index contributed by atoms with van der Waals surface area (Å²) in [5.74, 6) is 3.81. The maximum Gasteiger partial charge on any atom is 0.127 e. The monoisotopic (exact) mass is 392 g/mol. The van der Waals surface area contributed by atoms with Gasteiger partial charge >= 0.3 is 0 Å². The molecule has 0 unspecified atom stereocenters. The number of hydrogen-bond donors (Lipinski definition) is 1. The molecule has 0 spiro atoms. The second kappa shape index (κ2) is 7.64. The van der Waals surface area contributed by atoms with E-state index in [1.54, 1.807) is 12.1 Å². The third kappa shape index (κ3) is 3.69. The number of rotatable bonds is 5. The summed E-state index contributed by atoms with van der Waals surface area (Å²) in [6.07, 6.45) is 6.34. The van der Waals surface area contributed by atoms with Crippen molar-refractivity contribution in [3.8, 4) is 11.5 Å². The lowest BCUT2D eigenvalue weighted by atomic mass is 10.0. The lowest BCUT2D eigenvalue weighted by molar-refractivity contribution is 0.192. The molecule has 5 heteroatoms. The molecule has 144 valence electrons. The van der Waals surface area contributed by atoms with Crippen molar-refractivity contribution in [2.24, 2.45) is 11.8 Å². The smallest absolute Gasteiger partial charge is 0.127 e. The Labute approximate surface area is 169 Å². The fourth-order valence-corrected chi connectivity index (χ4v) is 5.50. The van der Waals surface area contributed by atoms with Crippen LogP contribution in [0.15, 0.2) is 65.8 Å². The number of thioether (sulfide) groups is 1. The molecule has 5 rings (SSSR count). The van der Waals surface area contributed by atoms with Crippen molar-refractivity contribution in [3.63, 3.8) is 0 Å². The van der Waals surface area contributed by atoms with Gasteiger partial charge in [-0.3, -0.25) is 9.88 Å². The highest BCUT2D eigenvalue weighted by molar-refractivity contribution is 7.99. The number of nitrogens with zero attached hydrogens (tertiary/aromatic N) is 2. The summed E-state index contributed by atoms with van der Waals surface area (Å²) in [6, 6.07) is 15.7. The number of phenols is 1. The Morgan fingerprint density at radius 1 is 1.04 bits per heavy atom. The first-order chi connectivity index (χ1) is 13.7. The predicted octanol–water partition coefficient (Wildman–Crippen LogP) is 4.78. The Morgan fingerprint density at radius 2 is 1.82 bits per heavy atom. The van der Waals surface area contributed by atoms with Crippen molar-refractivity contribution < 1.29 is 9.84 Å². The van der Waals surface area contributed by atoms with Gasteiger partial charge in [0.05, 0.1) is 6.10 Å². The molecule has 1 saturated heterocycles. The van der Waals surface area contributed by atoms with Crippen LogP contribution in [0.3, 0.4) is 0 Å². The molecule has 1 aliphatic carbocycles. The van der Waals surface area contributed by atoms with Crippen molar-refractivity contribution in [2.45, 2.75) is 23.8 Å². The van der Waals surface area contributed by atoms with Crippen LogP contribution in [0.4, 0.5) is 0 Å². The topological polar surface area (TPSA) is 45.6 Å². The van der Waals surface area contributed by atoms with E-state index in [4.69, 9.17) is 4.74 Å². The summed E-state index contributed by atoms with van der Waals surface area (Å²) in [5, 5.41) is 11.7. The normalized spacial score (nSPS) is 24.5. The number of pyridine rings is 1. The van der Waals surface area contributed by atoms with E-state index in [9.17, 15) is 5.11 Å². The number of fused-ring (bicyclic) bond motifs is 2. The minimum Gasteiger partial charge on any atom is -0.508 e. The second-order valence-electron chi connectivity index (χ2n) is 7.89. The third-order valence-electron chi connectivity index (χ3n) is 5.97. The van der Waals surface area contributed by atoms with Crippen LogP contribution in [0.25, 0.3) is 10.8 Å². The maximum absolute atomic E-state index is 9.40. The minimum absolute atomic E-state index is 0.320. The number of ether oxygens (including phenoxy) is 1. The summed E-state index contributed by atoms with van der Waals surface area (Å²) in [7, 11) is 0. The van der Waals surface area contributed by atoms with Gasteiger partial charge in [-0.1, -0.05) is 12.1 Å². The van der Waals surface area contributed by atoms with Crippen LogP contribution in [-0.2, 0) is 0 Å². The quantitative estimate of drug-likeness (QED) is 0.633. The largest absolute Gasteiger partial charge is 0.508 e. The van der Waals surface area contributed by atoms with Gasteiger partial charge in [-0.2, -0.15) is 0 Å². The number of aromatic hydroxyl groups is 1. The fraction of sp³-hybridized carbons (Fsp3) is 0.348. The molecule has 1 aromatic heterocycles. The zero-order valence-electron chi connectivity index (χ0n) is 15.7. The van der Waals surface area contributed by atoms with Gasteiger partial charge in [-0.25, -0.2) is 0 Å². The number of aromatic nitrogens is 1. The first kappa shape index (κ1) is 17.8. The van der Waals surface area contributed by atoms with E-state index in [-0.39, 0.29) is 0 Å². The summed E-state index contributed by atoms with van der Waals surface area (Å²) in [4.78, 5) is 7.98. The summed E-state index contributed by atoms with van der Waals surface area (Å²) >= 11 is 1.85. The first-order valence-corrected chi connectivity index (χ1v) is 10.9. The van der Waals surface area contributed by atoms with Gasteiger partial charge in [0.25, 0.3) is 0 Å². The summed E-state index contributed by atoms with van der Waals surface area (Å²) in [6.45, 7) is 2.32. The molecule has 0 amide bonds. The predicted molar refractivity (Wildman–Crippen MR) is 113 cm³/mol. The van der Waals surface area contributed by atoms with E-state index in [0.717, 1.165) is 60.2 Å². The van der Waals surface area contributed by atoms with Gasteiger partial charge in [-0.15, -0.1) is 11.8 Å². The highest BCUT2D eigenvalue weighted by Crippen LogP contribution is 2.41.